The molecule has 2 atom stereocenters. The van der Waals surface area contributed by atoms with E-state index < -0.39 is 0 Å². The summed E-state index contributed by atoms with van der Waals surface area (Å²) in [6.07, 6.45) is 4.23. The molecule has 2 heterocycles. The smallest absolute Gasteiger partial charge is 0.244 e. The van der Waals surface area contributed by atoms with Gasteiger partial charge in [0.1, 0.15) is 6.04 Å². The highest BCUT2D eigenvalue weighted by Gasteiger charge is 2.23. The molecule has 90 valence electrons. The highest BCUT2D eigenvalue weighted by molar-refractivity contribution is 8.13. The Morgan fingerprint density at radius 1 is 1.50 bits per heavy atom. The Hall–Kier alpha value is -0.710. The fourth-order valence-corrected chi connectivity index (χ4v) is 3.04. The van der Waals surface area contributed by atoms with Gasteiger partial charge < -0.3 is 10.6 Å². The van der Waals surface area contributed by atoms with E-state index in [1.165, 1.54) is 6.42 Å². The van der Waals surface area contributed by atoms with E-state index in [1.54, 1.807) is 11.8 Å². The zero-order chi connectivity index (χ0) is 11.4. The SMILES string of the molecule is CCC1CCSC(=NC2CCCNC2=O)N1. The molecule has 0 spiro atoms. The summed E-state index contributed by atoms with van der Waals surface area (Å²) in [4.78, 5) is 16.1. The van der Waals surface area contributed by atoms with Crippen molar-refractivity contribution in [2.75, 3.05) is 12.3 Å². The molecule has 0 saturated carbocycles. The number of rotatable bonds is 2. The largest absolute Gasteiger partial charge is 0.362 e. The van der Waals surface area contributed by atoms with Crippen LogP contribution in [0.15, 0.2) is 4.99 Å². The number of carbonyl (C=O) groups is 1. The van der Waals surface area contributed by atoms with Crippen molar-refractivity contribution in [3.63, 3.8) is 0 Å². The van der Waals surface area contributed by atoms with Crippen LogP contribution >= 0.6 is 11.8 Å². The highest BCUT2D eigenvalue weighted by Crippen LogP contribution is 2.18. The minimum absolute atomic E-state index is 0.0831. The number of hydrogen-bond donors (Lipinski definition) is 2. The molecule has 0 aromatic heterocycles. The van der Waals surface area contributed by atoms with Gasteiger partial charge in [0.15, 0.2) is 5.17 Å². The van der Waals surface area contributed by atoms with Gasteiger partial charge in [-0.3, -0.25) is 4.79 Å². The molecule has 2 aliphatic rings. The van der Waals surface area contributed by atoms with Gasteiger partial charge in [0.25, 0.3) is 0 Å². The first-order chi connectivity index (χ1) is 7.79. The van der Waals surface area contributed by atoms with Gasteiger partial charge in [-0.05, 0) is 25.7 Å². The third-order valence-electron chi connectivity index (χ3n) is 3.05. The van der Waals surface area contributed by atoms with Gasteiger partial charge in [-0.1, -0.05) is 18.7 Å². The molecule has 0 bridgehead atoms. The van der Waals surface area contributed by atoms with Crippen molar-refractivity contribution in [2.24, 2.45) is 4.99 Å². The summed E-state index contributed by atoms with van der Waals surface area (Å²) in [5.74, 6) is 1.19. The molecule has 2 unspecified atom stereocenters. The fourth-order valence-electron chi connectivity index (χ4n) is 1.99. The van der Waals surface area contributed by atoms with E-state index in [1.807, 2.05) is 0 Å². The summed E-state index contributed by atoms with van der Waals surface area (Å²) in [6, 6.07) is 0.367. The monoisotopic (exact) mass is 241 g/mol. The van der Waals surface area contributed by atoms with Gasteiger partial charge in [0, 0.05) is 18.3 Å². The van der Waals surface area contributed by atoms with Gasteiger partial charge in [-0.25, -0.2) is 4.99 Å². The average Bonchev–Trinajstić information content (AvgIpc) is 2.32. The van der Waals surface area contributed by atoms with E-state index in [0.717, 1.165) is 36.7 Å². The molecule has 2 fully saturated rings. The minimum atomic E-state index is -0.167. The summed E-state index contributed by atoms with van der Waals surface area (Å²) in [7, 11) is 0. The highest BCUT2D eigenvalue weighted by atomic mass is 32.2. The van der Waals surface area contributed by atoms with Gasteiger partial charge in [0.05, 0.1) is 0 Å². The van der Waals surface area contributed by atoms with Gasteiger partial charge in [-0.2, -0.15) is 0 Å². The number of piperidine rings is 1. The van der Waals surface area contributed by atoms with Crippen LogP contribution in [-0.4, -0.2) is 35.5 Å². The lowest BCUT2D eigenvalue weighted by Crippen LogP contribution is -2.42. The fraction of sp³-hybridized carbons (Fsp3) is 0.818. The zero-order valence-electron chi connectivity index (χ0n) is 9.66. The maximum atomic E-state index is 11.6. The van der Waals surface area contributed by atoms with Crippen LogP contribution < -0.4 is 10.6 Å². The van der Waals surface area contributed by atoms with Crippen molar-refractivity contribution in [1.82, 2.24) is 10.6 Å². The Morgan fingerprint density at radius 3 is 3.12 bits per heavy atom. The second-order valence-corrected chi connectivity index (χ2v) is 5.35. The van der Waals surface area contributed by atoms with Crippen LogP contribution in [0.25, 0.3) is 0 Å². The van der Waals surface area contributed by atoms with E-state index in [4.69, 9.17) is 0 Å². The molecular formula is C11H19N3OS. The third-order valence-corrected chi connectivity index (χ3v) is 3.99. The van der Waals surface area contributed by atoms with E-state index in [9.17, 15) is 4.79 Å². The Balaban J connectivity index is 1.96. The van der Waals surface area contributed by atoms with Crippen LogP contribution in [-0.2, 0) is 4.79 Å². The summed E-state index contributed by atoms with van der Waals surface area (Å²) in [5, 5.41) is 7.23. The van der Waals surface area contributed by atoms with Crippen LogP contribution in [0.3, 0.4) is 0 Å². The van der Waals surface area contributed by atoms with E-state index in [0.29, 0.717) is 6.04 Å². The van der Waals surface area contributed by atoms with Crippen molar-refractivity contribution in [3.05, 3.63) is 0 Å². The maximum Gasteiger partial charge on any atom is 0.244 e. The molecular weight excluding hydrogens is 222 g/mol. The lowest BCUT2D eigenvalue weighted by Gasteiger charge is -2.26. The topological polar surface area (TPSA) is 53.5 Å². The molecule has 0 aromatic carbocycles. The van der Waals surface area contributed by atoms with E-state index in [-0.39, 0.29) is 11.9 Å². The number of hydrogen-bond acceptors (Lipinski definition) is 3. The average molecular weight is 241 g/mol. The number of nitrogens with one attached hydrogen (secondary N) is 2. The Kier molecular flexibility index (Phi) is 4.09. The summed E-state index contributed by atoms with van der Waals surface area (Å²) >= 11 is 1.74. The van der Waals surface area contributed by atoms with Crippen LogP contribution in [0.4, 0.5) is 0 Å². The second kappa shape index (κ2) is 5.57. The Morgan fingerprint density at radius 2 is 2.38 bits per heavy atom. The maximum absolute atomic E-state index is 11.6. The molecule has 0 radical (unpaired) electrons. The molecule has 4 nitrogen and oxygen atoms in total. The number of thioether (sulfide) groups is 1. The van der Waals surface area contributed by atoms with E-state index >= 15 is 0 Å². The Bertz CT molecular complexity index is 293. The normalized spacial score (nSPS) is 33.3. The first-order valence-corrected chi connectivity index (χ1v) is 7.03. The molecule has 16 heavy (non-hydrogen) atoms. The quantitative estimate of drug-likeness (QED) is 0.762. The number of aliphatic imine (C=N–C) groups is 1. The number of amidine groups is 1. The standard InChI is InChI=1S/C11H19N3OS/c1-2-8-5-7-16-11(13-8)14-9-4-3-6-12-10(9)15/h8-9H,2-7H2,1H3,(H,12,15)(H,13,14). The molecule has 2 aliphatic heterocycles. The summed E-state index contributed by atoms with van der Waals surface area (Å²) in [5.41, 5.74) is 0. The summed E-state index contributed by atoms with van der Waals surface area (Å²) < 4.78 is 0. The van der Waals surface area contributed by atoms with Crippen LogP contribution in [0.5, 0.6) is 0 Å². The Labute approximate surface area is 101 Å². The molecule has 0 aliphatic carbocycles. The lowest BCUT2D eigenvalue weighted by atomic mass is 10.1. The van der Waals surface area contributed by atoms with E-state index in [2.05, 4.69) is 22.5 Å². The van der Waals surface area contributed by atoms with Crippen molar-refractivity contribution >= 4 is 22.8 Å². The predicted molar refractivity (Wildman–Crippen MR) is 67.8 cm³/mol. The second-order valence-electron chi connectivity index (χ2n) is 4.27. The molecule has 0 aromatic rings. The van der Waals surface area contributed by atoms with Crippen molar-refractivity contribution in [3.8, 4) is 0 Å². The van der Waals surface area contributed by atoms with Gasteiger partial charge >= 0.3 is 0 Å². The van der Waals surface area contributed by atoms with Crippen molar-refractivity contribution in [2.45, 2.75) is 44.7 Å². The molecule has 2 saturated heterocycles. The number of nitrogens with zero attached hydrogens (tertiary/aromatic N) is 1. The van der Waals surface area contributed by atoms with Crippen LogP contribution in [0.1, 0.15) is 32.6 Å². The molecule has 2 rings (SSSR count). The minimum Gasteiger partial charge on any atom is -0.362 e. The van der Waals surface area contributed by atoms with Gasteiger partial charge in [-0.15, -0.1) is 0 Å². The first-order valence-electron chi connectivity index (χ1n) is 6.04. The number of carbonyl (C=O) groups excluding carboxylic acids is 1. The van der Waals surface area contributed by atoms with Crippen molar-refractivity contribution in [1.29, 1.82) is 0 Å². The van der Waals surface area contributed by atoms with Crippen molar-refractivity contribution < 1.29 is 4.79 Å². The zero-order valence-corrected chi connectivity index (χ0v) is 10.5. The lowest BCUT2D eigenvalue weighted by molar-refractivity contribution is -0.123. The number of amides is 1. The summed E-state index contributed by atoms with van der Waals surface area (Å²) in [6.45, 7) is 2.98. The molecule has 2 N–H and O–H groups in total. The first kappa shape index (κ1) is 11.8. The van der Waals surface area contributed by atoms with Crippen LogP contribution in [0.2, 0.25) is 0 Å². The van der Waals surface area contributed by atoms with Crippen LogP contribution in [0, 0.1) is 0 Å². The van der Waals surface area contributed by atoms with Gasteiger partial charge in [0.2, 0.25) is 5.91 Å². The molecule has 5 heteroatoms. The third kappa shape index (κ3) is 2.90. The molecule has 1 amide bonds. The predicted octanol–water partition coefficient (Wildman–Crippen LogP) is 1.13.